The lowest BCUT2D eigenvalue weighted by atomic mass is 10.0. The predicted octanol–water partition coefficient (Wildman–Crippen LogP) is 2.37. The third-order valence-electron chi connectivity index (χ3n) is 2.82. The lowest BCUT2D eigenvalue weighted by Gasteiger charge is -2.20. The summed E-state index contributed by atoms with van der Waals surface area (Å²) in [6.07, 6.45) is 3.47. The molecule has 0 saturated heterocycles. The van der Waals surface area contributed by atoms with E-state index in [0.29, 0.717) is 0 Å². The van der Waals surface area contributed by atoms with Crippen LogP contribution in [0.1, 0.15) is 31.4 Å². The molecule has 2 amide bonds. The minimum absolute atomic E-state index is 0.0508. The summed E-state index contributed by atoms with van der Waals surface area (Å²) in [5, 5.41) is 14.5. The molecule has 1 aromatic rings. The van der Waals surface area contributed by atoms with Crippen molar-refractivity contribution >= 4 is 6.03 Å². The number of nitrogens with one attached hydrogen (secondary N) is 2. The summed E-state index contributed by atoms with van der Waals surface area (Å²) in [4.78, 5) is 11.8. The molecule has 4 nitrogen and oxygen atoms in total. The van der Waals surface area contributed by atoms with Gasteiger partial charge < -0.3 is 15.7 Å². The Balaban J connectivity index is 2.64. The van der Waals surface area contributed by atoms with Gasteiger partial charge >= 0.3 is 6.03 Å². The first-order valence-corrected chi connectivity index (χ1v) is 6.51. The summed E-state index contributed by atoms with van der Waals surface area (Å²) < 4.78 is 0. The number of urea groups is 1. The topological polar surface area (TPSA) is 61.4 Å². The number of hydrogen-bond acceptors (Lipinski definition) is 2. The lowest BCUT2D eigenvalue weighted by molar-refractivity contribution is 0.217. The monoisotopic (exact) mass is 262 g/mol. The van der Waals surface area contributed by atoms with Gasteiger partial charge in [-0.15, -0.1) is 6.58 Å². The molecule has 4 heteroatoms. The van der Waals surface area contributed by atoms with Crippen LogP contribution in [-0.2, 0) is 0 Å². The molecule has 0 heterocycles. The van der Waals surface area contributed by atoms with Crippen molar-refractivity contribution in [2.75, 3.05) is 6.61 Å². The SMILES string of the molecule is C=CCCC(NC(=O)N[C@@H](C)CO)c1ccccc1. The molecule has 0 aliphatic heterocycles. The fourth-order valence-corrected chi connectivity index (χ4v) is 1.76. The van der Waals surface area contributed by atoms with Crippen molar-refractivity contribution in [3.05, 3.63) is 48.6 Å². The quantitative estimate of drug-likeness (QED) is 0.661. The highest BCUT2D eigenvalue weighted by Gasteiger charge is 2.14. The largest absolute Gasteiger partial charge is 0.394 e. The molecule has 0 radical (unpaired) electrons. The van der Waals surface area contributed by atoms with E-state index in [0.717, 1.165) is 18.4 Å². The van der Waals surface area contributed by atoms with E-state index < -0.39 is 0 Å². The molecule has 1 rings (SSSR count). The predicted molar refractivity (Wildman–Crippen MR) is 76.8 cm³/mol. The zero-order valence-electron chi connectivity index (χ0n) is 11.3. The van der Waals surface area contributed by atoms with E-state index in [1.807, 2.05) is 36.4 Å². The highest BCUT2D eigenvalue weighted by molar-refractivity contribution is 5.74. The minimum atomic E-state index is -0.264. The van der Waals surface area contributed by atoms with Crippen LogP contribution in [0.4, 0.5) is 4.79 Å². The molecule has 1 unspecified atom stereocenters. The van der Waals surface area contributed by atoms with Crippen LogP contribution in [0.3, 0.4) is 0 Å². The minimum Gasteiger partial charge on any atom is -0.394 e. The molecule has 0 bridgehead atoms. The van der Waals surface area contributed by atoms with Crippen LogP contribution in [0.25, 0.3) is 0 Å². The number of benzene rings is 1. The van der Waals surface area contributed by atoms with Gasteiger partial charge in [0.25, 0.3) is 0 Å². The van der Waals surface area contributed by atoms with E-state index >= 15 is 0 Å². The van der Waals surface area contributed by atoms with Gasteiger partial charge in [0, 0.05) is 0 Å². The molecule has 0 aliphatic rings. The number of hydrogen-bond donors (Lipinski definition) is 3. The Bertz CT molecular complexity index is 392. The highest BCUT2D eigenvalue weighted by Crippen LogP contribution is 2.18. The fourth-order valence-electron chi connectivity index (χ4n) is 1.76. The Morgan fingerprint density at radius 3 is 2.63 bits per heavy atom. The standard InChI is InChI=1S/C15H22N2O2/c1-3-4-10-14(13-8-6-5-7-9-13)17-15(19)16-12(2)11-18/h3,5-9,12,14,18H,1,4,10-11H2,2H3,(H2,16,17,19)/t12-,14?/m0/s1. The Morgan fingerprint density at radius 1 is 1.37 bits per heavy atom. The van der Waals surface area contributed by atoms with E-state index in [2.05, 4.69) is 17.2 Å². The maximum absolute atomic E-state index is 11.8. The third-order valence-corrected chi connectivity index (χ3v) is 2.82. The molecule has 19 heavy (non-hydrogen) atoms. The maximum atomic E-state index is 11.8. The molecular weight excluding hydrogens is 240 g/mol. The fraction of sp³-hybridized carbons (Fsp3) is 0.400. The van der Waals surface area contributed by atoms with E-state index in [1.165, 1.54) is 0 Å². The van der Waals surface area contributed by atoms with Crippen molar-refractivity contribution < 1.29 is 9.90 Å². The summed E-state index contributed by atoms with van der Waals surface area (Å²) in [5.74, 6) is 0. The van der Waals surface area contributed by atoms with Crippen molar-refractivity contribution in [3.63, 3.8) is 0 Å². The molecule has 1 aromatic carbocycles. The van der Waals surface area contributed by atoms with E-state index in [9.17, 15) is 4.79 Å². The van der Waals surface area contributed by atoms with E-state index in [-0.39, 0.29) is 24.7 Å². The number of aliphatic hydroxyl groups is 1. The zero-order chi connectivity index (χ0) is 14.1. The molecule has 0 aromatic heterocycles. The average molecular weight is 262 g/mol. The van der Waals surface area contributed by atoms with Crippen molar-refractivity contribution in [1.82, 2.24) is 10.6 Å². The molecule has 0 aliphatic carbocycles. The van der Waals surface area contributed by atoms with Gasteiger partial charge in [0.05, 0.1) is 18.7 Å². The second-order valence-electron chi connectivity index (χ2n) is 4.53. The summed E-state index contributed by atoms with van der Waals surface area (Å²) in [6, 6.07) is 9.26. The molecule has 3 N–H and O–H groups in total. The number of carbonyl (C=O) groups excluding carboxylic acids is 1. The van der Waals surface area contributed by atoms with Gasteiger partial charge in [-0.1, -0.05) is 36.4 Å². The Hall–Kier alpha value is -1.81. The summed E-state index contributed by atoms with van der Waals surface area (Å²) in [7, 11) is 0. The summed E-state index contributed by atoms with van der Waals surface area (Å²) in [6.45, 7) is 5.38. The van der Waals surface area contributed by atoms with Gasteiger partial charge in [-0.2, -0.15) is 0 Å². The van der Waals surface area contributed by atoms with Gasteiger partial charge in [-0.25, -0.2) is 4.79 Å². The van der Waals surface area contributed by atoms with Crippen molar-refractivity contribution in [2.24, 2.45) is 0 Å². The number of carbonyl (C=O) groups is 1. The van der Waals surface area contributed by atoms with Crippen LogP contribution in [0.2, 0.25) is 0 Å². The third kappa shape index (κ3) is 5.57. The maximum Gasteiger partial charge on any atom is 0.315 e. The van der Waals surface area contributed by atoms with E-state index in [4.69, 9.17) is 5.11 Å². The number of aliphatic hydroxyl groups excluding tert-OH is 1. The summed E-state index contributed by atoms with van der Waals surface area (Å²) in [5.41, 5.74) is 1.07. The molecule has 0 fully saturated rings. The summed E-state index contributed by atoms with van der Waals surface area (Å²) >= 11 is 0. The zero-order valence-corrected chi connectivity index (χ0v) is 11.3. The molecule has 104 valence electrons. The van der Waals surface area contributed by atoms with Crippen molar-refractivity contribution in [2.45, 2.75) is 31.8 Å². The van der Waals surface area contributed by atoms with Gasteiger partial charge in [-0.05, 0) is 25.3 Å². The molecular formula is C15H22N2O2. The normalized spacial score (nSPS) is 13.4. The van der Waals surface area contributed by atoms with Gasteiger partial charge in [-0.3, -0.25) is 0 Å². The van der Waals surface area contributed by atoms with Crippen LogP contribution in [0, 0.1) is 0 Å². The van der Waals surface area contributed by atoms with Gasteiger partial charge in [0.2, 0.25) is 0 Å². The van der Waals surface area contributed by atoms with Crippen LogP contribution in [0.5, 0.6) is 0 Å². The van der Waals surface area contributed by atoms with Crippen molar-refractivity contribution in [3.8, 4) is 0 Å². The van der Waals surface area contributed by atoms with Gasteiger partial charge in [0.1, 0.15) is 0 Å². The smallest absolute Gasteiger partial charge is 0.315 e. The lowest BCUT2D eigenvalue weighted by Crippen LogP contribution is -2.43. The second-order valence-corrected chi connectivity index (χ2v) is 4.53. The molecule has 0 saturated carbocycles. The Morgan fingerprint density at radius 2 is 2.05 bits per heavy atom. The average Bonchev–Trinajstić information content (AvgIpc) is 2.44. The van der Waals surface area contributed by atoms with Crippen molar-refractivity contribution in [1.29, 1.82) is 0 Å². The van der Waals surface area contributed by atoms with Crippen LogP contribution in [0.15, 0.2) is 43.0 Å². The van der Waals surface area contributed by atoms with Crippen LogP contribution < -0.4 is 10.6 Å². The first-order valence-electron chi connectivity index (χ1n) is 6.51. The van der Waals surface area contributed by atoms with Gasteiger partial charge in [0.15, 0.2) is 0 Å². The first-order chi connectivity index (χ1) is 9.17. The number of amides is 2. The molecule has 0 spiro atoms. The van der Waals surface area contributed by atoms with E-state index in [1.54, 1.807) is 6.92 Å². The first kappa shape index (κ1) is 15.2. The number of allylic oxidation sites excluding steroid dienone is 1. The van der Waals surface area contributed by atoms with Crippen LogP contribution in [-0.4, -0.2) is 23.8 Å². The number of rotatable bonds is 7. The second kappa shape index (κ2) is 8.32. The van der Waals surface area contributed by atoms with Crippen LogP contribution >= 0.6 is 0 Å². The Kier molecular flexibility index (Phi) is 6.68. The highest BCUT2D eigenvalue weighted by atomic mass is 16.3. The Labute approximate surface area is 114 Å². The molecule has 2 atom stereocenters.